The zero-order valence-corrected chi connectivity index (χ0v) is 14.0. The summed E-state index contributed by atoms with van der Waals surface area (Å²) in [5.41, 5.74) is 3.41. The molecule has 1 atom stereocenters. The van der Waals surface area contributed by atoms with E-state index in [2.05, 4.69) is 27.8 Å². The van der Waals surface area contributed by atoms with Gasteiger partial charge in [0.2, 0.25) is 5.91 Å². The summed E-state index contributed by atoms with van der Waals surface area (Å²) in [6.07, 6.45) is 3.38. The van der Waals surface area contributed by atoms with E-state index in [1.807, 2.05) is 36.4 Å². The fourth-order valence-corrected chi connectivity index (χ4v) is 3.26. The van der Waals surface area contributed by atoms with Gasteiger partial charge >= 0.3 is 0 Å². The average Bonchev–Trinajstić information content (AvgIpc) is 3.24. The third-order valence-corrected chi connectivity index (χ3v) is 4.51. The first-order valence-corrected chi connectivity index (χ1v) is 8.73. The molecule has 1 unspecified atom stereocenters. The lowest BCUT2D eigenvalue weighted by molar-refractivity contribution is -0.116. The van der Waals surface area contributed by atoms with Crippen LogP contribution in [-0.4, -0.2) is 23.5 Å². The second kappa shape index (κ2) is 7.07. The zero-order valence-electron chi connectivity index (χ0n) is 14.0. The number of benzene rings is 2. The van der Waals surface area contributed by atoms with Crippen LogP contribution >= 0.6 is 0 Å². The van der Waals surface area contributed by atoms with E-state index in [1.54, 1.807) is 0 Å². The number of rotatable bonds is 5. The van der Waals surface area contributed by atoms with Crippen LogP contribution in [0, 0.1) is 0 Å². The molecule has 4 rings (SSSR count). The molecule has 128 valence electrons. The molecule has 2 aromatic carbocycles. The fraction of sp³-hybridized carbons (Fsp3) is 0.300. The Morgan fingerprint density at radius 3 is 2.92 bits per heavy atom. The molecule has 1 aliphatic rings. The fourth-order valence-electron chi connectivity index (χ4n) is 3.26. The predicted molar refractivity (Wildman–Crippen MR) is 97.5 cm³/mol. The maximum atomic E-state index is 12.2. The van der Waals surface area contributed by atoms with Crippen LogP contribution in [0.5, 0.6) is 0 Å². The largest absolute Gasteiger partial charge is 0.440 e. The van der Waals surface area contributed by atoms with Gasteiger partial charge in [-0.05, 0) is 37.1 Å². The van der Waals surface area contributed by atoms with E-state index in [0.717, 1.165) is 36.2 Å². The highest BCUT2D eigenvalue weighted by molar-refractivity contribution is 5.93. The Bertz CT molecular complexity index is 867. The molecule has 1 amide bonds. The summed E-state index contributed by atoms with van der Waals surface area (Å²) in [7, 11) is 0. The Balaban J connectivity index is 1.45. The van der Waals surface area contributed by atoms with Crippen molar-refractivity contribution in [2.45, 2.75) is 31.7 Å². The van der Waals surface area contributed by atoms with Gasteiger partial charge in [0.1, 0.15) is 5.52 Å². The standard InChI is InChI=1S/C20H21N3O2/c24-19(13-15-7-4-10-21-15)22-16-8-9-17-18(12-16)25-20(23-17)11-14-5-2-1-3-6-14/h1-3,5-6,8-9,12,15,21H,4,7,10-11,13H2,(H,22,24). The van der Waals surface area contributed by atoms with Gasteiger partial charge in [0.15, 0.2) is 11.5 Å². The summed E-state index contributed by atoms with van der Waals surface area (Å²) in [4.78, 5) is 16.7. The highest BCUT2D eigenvalue weighted by Crippen LogP contribution is 2.22. The van der Waals surface area contributed by atoms with E-state index in [1.165, 1.54) is 0 Å². The molecule has 0 radical (unpaired) electrons. The van der Waals surface area contributed by atoms with Crippen LogP contribution in [0.2, 0.25) is 0 Å². The van der Waals surface area contributed by atoms with Crippen molar-refractivity contribution < 1.29 is 9.21 Å². The van der Waals surface area contributed by atoms with Crippen LogP contribution in [0.1, 0.15) is 30.7 Å². The lowest BCUT2D eigenvalue weighted by atomic mass is 10.1. The molecule has 1 saturated heterocycles. The second-order valence-corrected chi connectivity index (χ2v) is 6.50. The van der Waals surface area contributed by atoms with E-state index in [-0.39, 0.29) is 5.91 Å². The Morgan fingerprint density at radius 1 is 1.24 bits per heavy atom. The monoisotopic (exact) mass is 335 g/mol. The molecule has 0 bridgehead atoms. The molecule has 3 aromatic rings. The van der Waals surface area contributed by atoms with Gasteiger partial charge < -0.3 is 15.1 Å². The first-order chi connectivity index (χ1) is 12.3. The number of amides is 1. The number of nitrogens with zero attached hydrogens (tertiary/aromatic N) is 1. The van der Waals surface area contributed by atoms with Crippen LogP contribution < -0.4 is 10.6 Å². The number of oxazole rings is 1. The molecule has 5 nitrogen and oxygen atoms in total. The van der Waals surface area contributed by atoms with Gasteiger partial charge in [-0.3, -0.25) is 4.79 Å². The minimum atomic E-state index is 0.0303. The van der Waals surface area contributed by atoms with Crippen molar-refractivity contribution in [3.63, 3.8) is 0 Å². The molecule has 5 heteroatoms. The van der Waals surface area contributed by atoms with Crippen molar-refractivity contribution in [3.8, 4) is 0 Å². The SMILES string of the molecule is O=C(CC1CCCN1)Nc1ccc2nc(Cc3ccccc3)oc2c1. The number of hydrogen-bond acceptors (Lipinski definition) is 4. The summed E-state index contributed by atoms with van der Waals surface area (Å²) >= 11 is 0. The Morgan fingerprint density at radius 2 is 2.12 bits per heavy atom. The third kappa shape index (κ3) is 3.88. The number of aromatic nitrogens is 1. The zero-order chi connectivity index (χ0) is 17.1. The summed E-state index contributed by atoms with van der Waals surface area (Å²) in [6.45, 7) is 1.01. The normalized spacial score (nSPS) is 17.0. The number of carbonyl (C=O) groups is 1. The van der Waals surface area contributed by atoms with Gasteiger partial charge in [-0.2, -0.15) is 0 Å². The van der Waals surface area contributed by atoms with Gasteiger partial charge in [0.25, 0.3) is 0 Å². The van der Waals surface area contributed by atoms with Gasteiger partial charge in [0.05, 0.1) is 0 Å². The Kier molecular flexibility index (Phi) is 4.48. The molecule has 0 aliphatic carbocycles. The van der Waals surface area contributed by atoms with E-state index < -0.39 is 0 Å². The summed E-state index contributed by atoms with van der Waals surface area (Å²) in [5.74, 6) is 0.711. The number of fused-ring (bicyclic) bond motifs is 1. The van der Waals surface area contributed by atoms with E-state index in [0.29, 0.717) is 30.4 Å². The maximum Gasteiger partial charge on any atom is 0.225 e. The minimum Gasteiger partial charge on any atom is -0.440 e. The van der Waals surface area contributed by atoms with Crippen molar-refractivity contribution >= 4 is 22.7 Å². The average molecular weight is 335 g/mol. The Hall–Kier alpha value is -2.66. The van der Waals surface area contributed by atoms with Crippen molar-refractivity contribution in [2.24, 2.45) is 0 Å². The molecule has 25 heavy (non-hydrogen) atoms. The van der Waals surface area contributed by atoms with E-state index in [4.69, 9.17) is 4.42 Å². The summed E-state index contributed by atoms with van der Waals surface area (Å²) in [6, 6.07) is 16.0. The molecule has 2 N–H and O–H groups in total. The topological polar surface area (TPSA) is 67.2 Å². The molecule has 0 spiro atoms. The van der Waals surface area contributed by atoms with Crippen LogP contribution in [0.4, 0.5) is 5.69 Å². The molecular formula is C20H21N3O2. The molecule has 2 heterocycles. The predicted octanol–water partition coefficient (Wildman–Crippen LogP) is 3.50. The number of nitrogens with one attached hydrogen (secondary N) is 2. The van der Waals surface area contributed by atoms with Gasteiger partial charge in [-0.25, -0.2) is 4.98 Å². The number of hydrogen-bond donors (Lipinski definition) is 2. The molecule has 1 fully saturated rings. The smallest absolute Gasteiger partial charge is 0.225 e. The highest BCUT2D eigenvalue weighted by atomic mass is 16.3. The summed E-state index contributed by atoms with van der Waals surface area (Å²) < 4.78 is 5.85. The van der Waals surface area contributed by atoms with Gasteiger partial charge in [-0.15, -0.1) is 0 Å². The molecule has 0 saturated carbocycles. The van der Waals surface area contributed by atoms with E-state index in [9.17, 15) is 4.79 Å². The van der Waals surface area contributed by atoms with Crippen LogP contribution in [0.15, 0.2) is 52.9 Å². The molecule has 1 aliphatic heterocycles. The summed E-state index contributed by atoms with van der Waals surface area (Å²) in [5, 5.41) is 6.29. The van der Waals surface area contributed by atoms with E-state index >= 15 is 0 Å². The number of carbonyl (C=O) groups excluding carboxylic acids is 1. The van der Waals surface area contributed by atoms with Crippen molar-refractivity contribution in [1.29, 1.82) is 0 Å². The third-order valence-electron chi connectivity index (χ3n) is 4.51. The van der Waals surface area contributed by atoms with Gasteiger partial charge in [-0.1, -0.05) is 30.3 Å². The second-order valence-electron chi connectivity index (χ2n) is 6.50. The van der Waals surface area contributed by atoms with Crippen molar-refractivity contribution in [2.75, 3.05) is 11.9 Å². The minimum absolute atomic E-state index is 0.0303. The lowest BCUT2D eigenvalue weighted by Gasteiger charge is -2.10. The maximum absolute atomic E-state index is 12.2. The number of anilines is 1. The van der Waals surface area contributed by atoms with Crippen molar-refractivity contribution in [3.05, 3.63) is 60.0 Å². The highest BCUT2D eigenvalue weighted by Gasteiger charge is 2.18. The van der Waals surface area contributed by atoms with Gasteiger partial charge in [0, 0.05) is 30.6 Å². The Labute approximate surface area is 146 Å². The first-order valence-electron chi connectivity index (χ1n) is 8.73. The molecule has 1 aromatic heterocycles. The van der Waals surface area contributed by atoms with Crippen LogP contribution in [0.25, 0.3) is 11.1 Å². The van der Waals surface area contributed by atoms with Crippen molar-refractivity contribution in [1.82, 2.24) is 10.3 Å². The van der Waals surface area contributed by atoms with Crippen LogP contribution in [-0.2, 0) is 11.2 Å². The lowest BCUT2D eigenvalue weighted by Crippen LogP contribution is -2.27. The first kappa shape index (κ1) is 15.8. The quantitative estimate of drug-likeness (QED) is 0.749. The molecular weight excluding hydrogens is 314 g/mol. The van der Waals surface area contributed by atoms with Crippen LogP contribution in [0.3, 0.4) is 0 Å².